The van der Waals surface area contributed by atoms with Crippen molar-refractivity contribution in [2.24, 2.45) is 0 Å². The van der Waals surface area contributed by atoms with Gasteiger partial charge in [0.2, 0.25) is 5.91 Å². The molecule has 0 aromatic rings. The Hall–Kier alpha value is -0.610. The van der Waals surface area contributed by atoms with Crippen LogP contribution in [-0.2, 0) is 9.53 Å². The summed E-state index contributed by atoms with van der Waals surface area (Å²) < 4.78 is 5.13. The van der Waals surface area contributed by atoms with E-state index in [0.29, 0.717) is 12.5 Å². The third-order valence-corrected chi connectivity index (χ3v) is 2.46. The molecule has 1 amide bonds. The minimum absolute atomic E-state index is 0.209. The summed E-state index contributed by atoms with van der Waals surface area (Å²) in [5.41, 5.74) is 0. The van der Waals surface area contributed by atoms with Crippen LogP contribution in [0.1, 0.15) is 13.3 Å². The SMILES string of the molecule is CCC(=O)N(C)CCN(C)CC1CO1. The molecule has 1 atom stereocenters. The van der Waals surface area contributed by atoms with Crippen molar-refractivity contribution in [2.45, 2.75) is 19.4 Å². The highest BCUT2D eigenvalue weighted by Gasteiger charge is 2.23. The molecule has 0 aromatic carbocycles. The van der Waals surface area contributed by atoms with Gasteiger partial charge in [-0.05, 0) is 7.05 Å². The van der Waals surface area contributed by atoms with Crippen molar-refractivity contribution >= 4 is 5.91 Å². The van der Waals surface area contributed by atoms with Gasteiger partial charge in [0.15, 0.2) is 0 Å². The fraction of sp³-hybridized carbons (Fsp3) is 0.900. The first kappa shape index (κ1) is 11.5. The molecule has 0 N–H and O–H groups in total. The lowest BCUT2D eigenvalue weighted by atomic mass is 10.4. The zero-order valence-corrected chi connectivity index (χ0v) is 9.32. The van der Waals surface area contributed by atoms with E-state index in [-0.39, 0.29) is 5.91 Å². The van der Waals surface area contributed by atoms with E-state index in [1.54, 1.807) is 4.90 Å². The molecule has 14 heavy (non-hydrogen) atoms. The van der Waals surface area contributed by atoms with Crippen LogP contribution in [0.5, 0.6) is 0 Å². The van der Waals surface area contributed by atoms with Crippen LogP contribution in [0, 0.1) is 0 Å². The highest BCUT2D eigenvalue weighted by molar-refractivity contribution is 5.75. The van der Waals surface area contributed by atoms with Gasteiger partial charge >= 0.3 is 0 Å². The normalized spacial score (nSPS) is 19.9. The van der Waals surface area contributed by atoms with Gasteiger partial charge in [-0.2, -0.15) is 0 Å². The van der Waals surface area contributed by atoms with Crippen LogP contribution in [0.25, 0.3) is 0 Å². The number of hydrogen-bond acceptors (Lipinski definition) is 3. The second-order valence-electron chi connectivity index (χ2n) is 3.89. The van der Waals surface area contributed by atoms with E-state index in [1.165, 1.54) is 0 Å². The number of hydrogen-bond donors (Lipinski definition) is 0. The third kappa shape index (κ3) is 4.07. The highest BCUT2D eigenvalue weighted by atomic mass is 16.6. The Morgan fingerprint density at radius 3 is 2.57 bits per heavy atom. The van der Waals surface area contributed by atoms with Gasteiger partial charge in [-0.25, -0.2) is 0 Å². The van der Waals surface area contributed by atoms with E-state index in [4.69, 9.17) is 4.74 Å². The Bertz CT molecular complexity index is 193. The van der Waals surface area contributed by atoms with Crippen LogP contribution in [-0.4, -0.2) is 62.1 Å². The molecule has 1 unspecified atom stereocenters. The summed E-state index contributed by atoms with van der Waals surface area (Å²) in [6.07, 6.45) is 1.03. The monoisotopic (exact) mass is 200 g/mol. The van der Waals surface area contributed by atoms with Crippen molar-refractivity contribution in [3.63, 3.8) is 0 Å². The van der Waals surface area contributed by atoms with Crippen molar-refractivity contribution in [1.29, 1.82) is 0 Å². The number of likely N-dealkylation sites (N-methyl/N-ethyl adjacent to an activating group) is 2. The van der Waals surface area contributed by atoms with Gasteiger partial charge in [0.25, 0.3) is 0 Å². The molecule has 0 spiro atoms. The smallest absolute Gasteiger partial charge is 0.222 e. The standard InChI is InChI=1S/C10H20N2O2/c1-4-10(13)12(3)6-5-11(2)7-9-8-14-9/h9H,4-8H2,1-3H3. The van der Waals surface area contributed by atoms with Crippen molar-refractivity contribution < 1.29 is 9.53 Å². The minimum Gasteiger partial charge on any atom is -0.372 e. The Balaban J connectivity index is 2.08. The van der Waals surface area contributed by atoms with E-state index in [2.05, 4.69) is 11.9 Å². The molecule has 4 nitrogen and oxygen atoms in total. The van der Waals surface area contributed by atoms with Gasteiger partial charge < -0.3 is 14.5 Å². The number of carbonyl (C=O) groups excluding carboxylic acids is 1. The van der Waals surface area contributed by atoms with E-state index in [0.717, 1.165) is 26.2 Å². The van der Waals surface area contributed by atoms with Gasteiger partial charge in [0, 0.05) is 33.1 Å². The zero-order valence-electron chi connectivity index (χ0n) is 9.32. The maximum absolute atomic E-state index is 11.2. The first-order chi connectivity index (χ1) is 6.63. The van der Waals surface area contributed by atoms with Crippen LogP contribution in [0.4, 0.5) is 0 Å². The average Bonchev–Trinajstić information content (AvgIpc) is 2.96. The maximum atomic E-state index is 11.2. The first-order valence-electron chi connectivity index (χ1n) is 5.17. The number of ether oxygens (including phenoxy) is 1. The molecule has 0 aliphatic carbocycles. The lowest BCUT2D eigenvalue weighted by Crippen LogP contribution is -2.35. The van der Waals surface area contributed by atoms with Crippen LogP contribution in [0.15, 0.2) is 0 Å². The summed E-state index contributed by atoms with van der Waals surface area (Å²) >= 11 is 0. The summed E-state index contributed by atoms with van der Waals surface area (Å²) in [6, 6.07) is 0. The quantitative estimate of drug-likeness (QED) is 0.574. The van der Waals surface area contributed by atoms with Crippen LogP contribution in [0.3, 0.4) is 0 Å². The molecule has 1 heterocycles. The van der Waals surface area contributed by atoms with E-state index in [1.807, 2.05) is 14.0 Å². The number of rotatable bonds is 6. The minimum atomic E-state index is 0.209. The van der Waals surface area contributed by atoms with Gasteiger partial charge in [-0.1, -0.05) is 6.92 Å². The van der Waals surface area contributed by atoms with E-state index in [9.17, 15) is 4.79 Å². The molecule has 1 aliphatic heterocycles. The zero-order chi connectivity index (χ0) is 10.6. The molecular formula is C10H20N2O2. The Labute approximate surface area is 85.8 Å². The van der Waals surface area contributed by atoms with Gasteiger partial charge in [-0.3, -0.25) is 4.79 Å². The first-order valence-corrected chi connectivity index (χ1v) is 5.17. The van der Waals surface area contributed by atoms with E-state index >= 15 is 0 Å². The molecule has 1 aliphatic rings. The Morgan fingerprint density at radius 2 is 2.07 bits per heavy atom. The molecule has 1 rings (SSSR count). The second kappa shape index (κ2) is 5.32. The number of carbonyl (C=O) groups is 1. The van der Waals surface area contributed by atoms with Gasteiger partial charge in [-0.15, -0.1) is 0 Å². The third-order valence-electron chi connectivity index (χ3n) is 2.46. The highest BCUT2D eigenvalue weighted by Crippen LogP contribution is 2.09. The number of epoxide rings is 1. The van der Waals surface area contributed by atoms with Crippen molar-refractivity contribution in [3.05, 3.63) is 0 Å². The van der Waals surface area contributed by atoms with Gasteiger partial charge in [0.1, 0.15) is 0 Å². The van der Waals surface area contributed by atoms with Crippen molar-refractivity contribution in [3.8, 4) is 0 Å². The van der Waals surface area contributed by atoms with Gasteiger partial charge in [0.05, 0.1) is 12.7 Å². The van der Waals surface area contributed by atoms with Crippen molar-refractivity contribution in [2.75, 3.05) is 40.3 Å². The summed E-state index contributed by atoms with van der Waals surface area (Å²) in [4.78, 5) is 15.2. The molecule has 1 fully saturated rings. The Kier molecular flexibility index (Phi) is 4.35. The molecule has 0 bridgehead atoms. The summed E-state index contributed by atoms with van der Waals surface area (Å²) in [7, 11) is 3.92. The van der Waals surface area contributed by atoms with E-state index < -0.39 is 0 Å². The number of nitrogens with zero attached hydrogens (tertiary/aromatic N) is 2. The topological polar surface area (TPSA) is 36.1 Å². The van der Waals surface area contributed by atoms with Crippen molar-refractivity contribution in [1.82, 2.24) is 9.80 Å². The molecule has 0 aromatic heterocycles. The average molecular weight is 200 g/mol. The summed E-state index contributed by atoms with van der Waals surface area (Å²) in [6.45, 7) is 5.49. The molecular weight excluding hydrogens is 180 g/mol. The predicted molar refractivity (Wildman–Crippen MR) is 55.2 cm³/mol. The predicted octanol–water partition coefficient (Wildman–Crippen LogP) is 0.185. The largest absolute Gasteiger partial charge is 0.372 e. The second-order valence-corrected chi connectivity index (χ2v) is 3.89. The molecule has 1 saturated heterocycles. The number of amides is 1. The molecule has 0 saturated carbocycles. The lowest BCUT2D eigenvalue weighted by molar-refractivity contribution is -0.129. The Morgan fingerprint density at radius 1 is 1.43 bits per heavy atom. The molecule has 0 radical (unpaired) electrons. The van der Waals surface area contributed by atoms with Crippen LogP contribution in [0.2, 0.25) is 0 Å². The summed E-state index contributed by atoms with van der Waals surface area (Å²) in [5.74, 6) is 0.209. The van der Waals surface area contributed by atoms with Crippen LogP contribution < -0.4 is 0 Å². The maximum Gasteiger partial charge on any atom is 0.222 e. The molecule has 82 valence electrons. The fourth-order valence-electron chi connectivity index (χ4n) is 1.33. The molecule has 4 heteroatoms. The summed E-state index contributed by atoms with van der Waals surface area (Å²) in [5, 5.41) is 0. The lowest BCUT2D eigenvalue weighted by Gasteiger charge is -2.21. The fourth-order valence-corrected chi connectivity index (χ4v) is 1.33. The van der Waals surface area contributed by atoms with Crippen LogP contribution >= 0.6 is 0 Å².